The highest BCUT2D eigenvalue weighted by molar-refractivity contribution is 6.74. The Morgan fingerprint density at radius 3 is 2.08 bits per heavy atom. The van der Waals surface area contributed by atoms with Crippen LogP contribution in [0.5, 0.6) is 0 Å². The van der Waals surface area contributed by atoms with E-state index < -0.39 is 8.32 Å². The summed E-state index contributed by atoms with van der Waals surface area (Å²) >= 11 is 0. The molecule has 0 saturated carbocycles. The van der Waals surface area contributed by atoms with Crippen LogP contribution in [0.25, 0.3) is 0 Å². The molecular weight excluding hydrogens is 180 g/mol. The number of carbonyl (C=O) groups is 1. The molecule has 0 aliphatic carbocycles. The minimum Gasteiger partial charge on any atom is -0.407 e. The zero-order valence-electron chi connectivity index (χ0n) is 9.68. The van der Waals surface area contributed by atoms with Gasteiger partial charge in [-0.1, -0.05) is 27.7 Å². The first-order chi connectivity index (χ1) is 5.74. The van der Waals surface area contributed by atoms with Crippen LogP contribution in [0.2, 0.25) is 18.1 Å². The van der Waals surface area contributed by atoms with E-state index >= 15 is 0 Å². The van der Waals surface area contributed by atoms with E-state index in [1.807, 2.05) is 6.92 Å². The van der Waals surface area contributed by atoms with E-state index in [1.54, 1.807) is 0 Å². The lowest BCUT2D eigenvalue weighted by Crippen LogP contribution is -2.44. The van der Waals surface area contributed by atoms with E-state index in [4.69, 9.17) is 4.43 Å². The van der Waals surface area contributed by atoms with Gasteiger partial charge in [-0.25, -0.2) is 0 Å². The molecule has 3 heteroatoms. The number of hydrogen-bond donors (Lipinski definition) is 0. The van der Waals surface area contributed by atoms with Gasteiger partial charge in [-0.05, 0) is 24.6 Å². The molecule has 0 aromatic carbocycles. The topological polar surface area (TPSA) is 26.3 Å². The third-order valence-corrected chi connectivity index (χ3v) is 7.31. The molecule has 0 aliphatic heterocycles. The molecule has 1 atom stereocenters. The van der Waals surface area contributed by atoms with Gasteiger partial charge in [0.25, 0.3) is 0 Å². The van der Waals surface area contributed by atoms with Crippen molar-refractivity contribution in [3.8, 4) is 0 Å². The fourth-order valence-electron chi connectivity index (χ4n) is 0.763. The van der Waals surface area contributed by atoms with Crippen LogP contribution in [0.3, 0.4) is 0 Å². The molecule has 2 nitrogen and oxygen atoms in total. The molecule has 0 aromatic heterocycles. The molecule has 78 valence electrons. The molecule has 0 aliphatic rings. The van der Waals surface area contributed by atoms with Crippen molar-refractivity contribution in [3.05, 3.63) is 0 Å². The average molecular weight is 202 g/mol. The van der Waals surface area contributed by atoms with Crippen molar-refractivity contribution in [2.24, 2.45) is 0 Å². The molecule has 0 amide bonds. The maximum absolute atomic E-state index is 10.6. The number of carbonyl (C=O) groups excluding carboxylic acids is 1. The Balaban J connectivity index is 4.40. The monoisotopic (exact) mass is 202 g/mol. The van der Waals surface area contributed by atoms with Crippen molar-refractivity contribution in [3.63, 3.8) is 0 Å². The molecule has 0 aromatic rings. The second kappa shape index (κ2) is 4.38. The van der Waals surface area contributed by atoms with Gasteiger partial charge in [-0.15, -0.1) is 0 Å². The van der Waals surface area contributed by atoms with Gasteiger partial charge in [0.2, 0.25) is 0 Å². The Morgan fingerprint density at radius 2 is 1.85 bits per heavy atom. The minimum absolute atomic E-state index is 0.184. The van der Waals surface area contributed by atoms with Gasteiger partial charge in [-0.3, -0.25) is 0 Å². The molecule has 0 radical (unpaired) electrons. The van der Waals surface area contributed by atoms with Gasteiger partial charge in [0.1, 0.15) is 12.4 Å². The van der Waals surface area contributed by atoms with Crippen molar-refractivity contribution in [1.29, 1.82) is 0 Å². The quantitative estimate of drug-likeness (QED) is 0.517. The Morgan fingerprint density at radius 1 is 1.38 bits per heavy atom. The van der Waals surface area contributed by atoms with Gasteiger partial charge in [0, 0.05) is 0 Å². The van der Waals surface area contributed by atoms with Crippen LogP contribution >= 0.6 is 0 Å². The molecule has 0 heterocycles. The van der Waals surface area contributed by atoms with Crippen molar-refractivity contribution in [1.82, 2.24) is 0 Å². The fourth-order valence-corrected chi connectivity index (χ4v) is 2.10. The van der Waals surface area contributed by atoms with Crippen LogP contribution in [-0.2, 0) is 9.22 Å². The summed E-state index contributed by atoms with van der Waals surface area (Å²) in [5, 5.41) is 0.184. The van der Waals surface area contributed by atoms with Gasteiger partial charge in [0.15, 0.2) is 8.32 Å². The maximum Gasteiger partial charge on any atom is 0.193 e. The van der Waals surface area contributed by atoms with E-state index in [-0.39, 0.29) is 11.1 Å². The number of aldehydes is 1. The van der Waals surface area contributed by atoms with Crippen LogP contribution in [0.4, 0.5) is 0 Å². The highest BCUT2D eigenvalue weighted by Crippen LogP contribution is 2.37. The Hall–Kier alpha value is -0.153. The number of hydrogen-bond acceptors (Lipinski definition) is 2. The number of rotatable bonds is 4. The highest BCUT2D eigenvalue weighted by atomic mass is 28.4. The summed E-state index contributed by atoms with van der Waals surface area (Å²) in [5.41, 5.74) is 0. The molecule has 0 N–H and O–H groups in total. The van der Waals surface area contributed by atoms with Crippen molar-refractivity contribution in [2.75, 3.05) is 0 Å². The first-order valence-electron chi connectivity index (χ1n) is 4.87. The normalized spacial score (nSPS) is 15.5. The SMILES string of the molecule is CCC(C=O)O[Si](C)(C)C(C)(C)C. The first kappa shape index (κ1) is 12.8. The summed E-state index contributed by atoms with van der Waals surface area (Å²) in [6.45, 7) is 12.8. The Kier molecular flexibility index (Phi) is 4.32. The highest BCUT2D eigenvalue weighted by Gasteiger charge is 2.38. The molecular formula is C10H22O2Si. The summed E-state index contributed by atoms with van der Waals surface area (Å²) in [7, 11) is -1.74. The van der Waals surface area contributed by atoms with E-state index in [1.165, 1.54) is 0 Å². The third kappa shape index (κ3) is 3.61. The van der Waals surface area contributed by atoms with Gasteiger partial charge >= 0.3 is 0 Å². The molecule has 13 heavy (non-hydrogen) atoms. The van der Waals surface area contributed by atoms with Crippen molar-refractivity contribution < 1.29 is 9.22 Å². The van der Waals surface area contributed by atoms with Gasteiger partial charge < -0.3 is 9.22 Å². The molecule has 0 bridgehead atoms. The zero-order chi connectivity index (χ0) is 10.7. The van der Waals surface area contributed by atoms with Crippen LogP contribution in [-0.4, -0.2) is 20.7 Å². The Labute approximate surface area is 82.8 Å². The van der Waals surface area contributed by atoms with Gasteiger partial charge in [0.05, 0.1) is 0 Å². The lowest BCUT2D eigenvalue weighted by atomic mass is 10.2. The first-order valence-corrected chi connectivity index (χ1v) is 7.78. The largest absolute Gasteiger partial charge is 0.407 e. The van der Waals surface area contributed by atoms with Crippen molar-refractivity contribution >= 4 is 14.6 Å². The summed E-state index contributed by atoms with van der Waals surface area (Å²) in [5.74, 6) is 0. The molecule has 0 spiro atoms. The van der Waals surface area contributed by atoms with Crippen molar-refractivity contribution in [2.45, 2.75) is 58.4 Å². The molecule has 1 unspecified atom stereocenters. The predicted octanol–water partition coefficient (Wildman–Crippen LogP) is 2.99. The smallest absolute Gasteiger partial charge is 0.193 e. The standard InChI is InChI=1S/C10H22O2Si/c1-7-9(8-11)12-13(5,6)10(2,3)4/h8-9H,7H2,1-6H3. The third-order valence-electron chi connectivity index (χ3n) is 2.81. The molecule has 0 saturated heterocycles. The average Bonchev–Trinajstić information content (AvgIpc) is 1.98. The van der Waals surface area contributed by atoms with Crippen LogP contribution in [0.15, 0.2) is 0 Å². The van der Waals surface area contributed by atoms with E-state index in [9.17, 15) is 4.79 Å². The second-order valence-electron chi connectivity index (χ2n) is 4.96. The van der Waals surface area contributed by atoms with E-state index in [2.05, 4.69) is 33.9 Å². The Bertz CT molecular complexity index is 170. The van der Waals surface area contributed by atoms with Crippen LogP contribution in [0.1, 0.15) is 34.1 Å². The lowest BCUT2D eigenvalue weighted by Gasteiger charge is -2.37. The minimum atomic E-state index is -1.74. The summed E-state index contributed by atoms with van der Waals surface area (Å²) in [6, 6.07) is 0. The predicted molar refractivity (Wildman–Crippen MR) is 58.4 cm³/mol. The summed E-state index contributed by atoms with van der Waals surface area (Å²) < 4.78 is 5.87. The maximum atomic E-state index is 10.6. The van der Waals surface area contributed by atoms with Crippen LogP contribution in [0, 0.1) is 0 Å². The summed E-state index contributed by atoms with van der Waals surface area (Å²) in [4.78, 5) is 10.6. The lowest BCUT2D eigenvalue weighted by molar-refractivity contribution is -0.114. The molecule has 0 fully saturated rings. The fraction of sp³-hybridized carbons (Fsp3) is 0.900. The van der Waals surface area contributed by atoms with E-state index in [0.717, 1.165) is 12.7 Å². The molecule has 0 rings (SSSR count). The zero-order valence-corrected chi connectivity index (χ0v) is 10.7. The van der Waals surface area contributed by atoms with Gasteiger partial charge in [-0.2, -0.15) is 0 Å². The summed E-state index contributed by atoms with van der Waals surface area (Å²) in [6.07, 6.45) is 1.48. The van der Waals surface area contributed by atoms with Crippen LogP contribution < -0.4 is 0 Å². The second-order valence-corrected chi connectivity index (χ2v) is 9.72. The van der Waals surface area contributed by atoms with E-state index in [0.29, 0.717) is 0 Å².